The molecule has 0 aromatic heterocycles. The molecule has 1 atom stereocenters. The van der Waals surface area contributed by atoms with E-state index >= 15 is 0 Å². The van der Waals surface area contributed by atoms with Crippen LogP contribution in [0, 0.1) is 0 Å². The Balaban J connectivity index is 3.36. The van der Waals surface area contributed by atoms with E-state index in [1.165, 1.54) is 225 Å². The molecule has 0 fully saturated rings. The predicted molar refractivity (Wildman–Crippen MR) is 247 cm³/mol. The van der Waals surface area contributed by atoms with Crippen LogP contribution in [0.3, 0.4) is 0 Å². The van der Waals surface area contributed by atoms with Gasteiger partial charge in [-0.15, -0.1) is 0 Å². The molecule has 1 N–H and O–H groups in total. The number of hydrogen-bond donors (Lipinski definition) is 1. The van der Waals surface area contributed by atoms with Crippen LogP contribution in [0.25, 0.3) is 0 Å². The number of carbonyl (C=O) groups is 2. The summed E-state index contributed by atoms with van der Waals surface area (Å²) in [7, 11) is 0. The molecule has 0 aliphatic carbocycles. The van der Waals surface area contributed by atoms with Crippen LogP contribution in [0.5, 0.6) is 0 Å². The molecular formula is C52H100O5. The van der Waals surface area contributed by atoms with Gasteiger partial charge in [-0.3, -0.25) is 9.59 Å². The quantitative estimate of drug-likeness (QED) is 0.0377. The average Bonchev–Trinajstić information content (AvgIpc) is 3.21. The highest BCUT2D eigenvalue weighted by Gasteiger charge is 2.16. The molecule has 0 saturated heterocycles. The second-order valence-electron chi connectivity index (χ2n) is 17.6. The molecule has 5 nitrogen and oxygen atoms in total. The van der Waals surface area contributed by atoms with Gasteiger partial charge in [0.1, 0.15) is 6.61 Å². The van der Waals surface area contributed by atoms with Gasteiger partial charge in [0.05, 0.1) is 6.61 Å². The third-order valence-corrected chi connectivity index (χ3v) is 11.8. The van der Waals surface area contributed by atoms with Crippen LogP contribution in [0.15, 0.2) is 12.2 Å². The molecule has 0 saturated carbocycles. The topological polar surface area (TPSA) is 72.8 Å². The number of allylic oxidation sites excluding steroid dienone is 2. The standard InChI is InChI=1S/C52H100O5/c1-3-5-7-9-11-13-15-17-18-19-20-21-22-23-24-25-26-27-28-29-30-31-32-33-34-35-37-38-40-42-44-46-51(54)56-49-50(48-53)57-52(55)47-45-43-41-39-36-16-14-12-10-8-6-4-2/h12,14,50,53H,3-11,13,15-49H2,1-2H3/b14-12-. The van der Waals surface area contributed by atoms with Crippen LogP contribution < -0.4 is 0 Å². The van der Waals surface area contributed by atoms with Gasteiger partial charge < -0.3 is 14.6 Å². The molecule has 5 heteroatoms. The van der Waals surface area contributed by atoms with Gasteiger partial charge in [-0.1, -0.05) is 251 Å². The van der Waals surface area contributed by atoms with Gasteiger partial charge >= 0.3 is 11.9 Å². The Kier molecular flexibility index (Phi) is 47.8. The zero-order valence-corrected chi connectivity index (χ0v) is 38.6. The van der Waals surface area contributed by atoms with E-state index in [1.54, 1.807) is 0 Å². The van der Waals surface area contributed by atoms with Gasteiger partial charge in [-0.25, -0.2) is 0 Å². The molecule has 0 amide bonds. The fourth-order valence-electron chi connectivity index (χ4n) is 7.91. The molecule has 0 spiro atoms. The van der Waals surface area contributed by atoms with E-state index in [9.17, 15) is 14.7 Å². The average molecular weight is 805 g/mol. The minimum absolute atomic E-state index is 0.0629. The molecule has 0 aliphatic rings. The lowest BCUT2D eigenvalue weighted by atomic mass is 10.0. The van der Waals surface area contributed by atoms with E-state index in [-0.39, 0.29) is 25.2 Å². The smallest absolute Gasteiger partial charge is 0.306 e. The summed E-state index contributed by atoms with van der Waals surface area (Å²) in [6, 6.07) is 0. The molecule has 0 bridgehead atoms. The lowest BCUT2D eigenvalue weighted by Crippen LogP contribution is -2.28. The summed E-state index contributed by atoms with van der Waals surface area (Å²) in [6.45, 7) is 4.14. The monoisotopic (exact) mass is 805 g/mol. The molecule has 338 valence electrons. The maximum atomic E-state index is 12.2. The summed E-state index contributed by atoms with van der Waals surface area (Å²) in [5.74, 6) is -0.586. The van der Waals surface area contributed by atoms with E-state index in [2.05, 4.69) is 26.0 Å². The SMILES string of the molecule is CCCCC/C=C\CCCCCCCC(=O)OC(CO)COC(=O)CCCCCCCCCCCCCCCCCCCCCCCCCCCCCCCCC. The molecule has 0 aliphatic heterocycles. The number of unbranched alkanes of at least 4 members (excludes halogenated alkanes) is 38. The predicted octanol–water partition coefficient (Wildman–Crippen LogP) is 16.8. The Morgan fingerprint density at radius 3 is 0.982 bits per heavy atom. The van der Waals surface area contributed by atoms with Gasteiger partial charge in [0.2, 0.25) is 0 Å². The lowest BCUT2D eigenvalue weighted by molar-refractivity contribution is -0.161. The Bertz CT molecular complexity index is 825. The van der Waals surface area contributed by atoms with Crippen molar-refractivity contribution in [2.45, 2.75) is 296 Å². The molecule has 0 aromatic carbocycles. The van der Waals surface area contributed by atoms with Crippen molar-refractivity contribution in [3.05, 3.63) is 12.2 Å². The molecule has 0 radical (unpaired) electrons. The zero-order chi connectivity index (χ0) is 41.4. The maximum Gasteiger partial charge on any atom is 0.306 e. The number of hydrogen-bond acceptors (Lipinski definition) is 5. The third-order valence-electron chi connectivity index (χ3n) is 11.8. The molecule has 57 heavy (non-hydrogen) atoms. The Morgan fingerprint density at radius 2 is 0.649 bits per heavy atom. The summed E-state index contributed by atoms with van der Waals surface area (Å²) < 4.78 is 10.6. The first-order valence-electron chi connectivity index (χ1n) is 25.7. The molecular weight excluding hydrogens is 705 g/mol. The summed E-state index contributed by atoms with van der Waals surface area (Å²) in [6.07, 6.45) is 59.1. The number of carbonyl (C=O) groups excluding carboxylic acids is 2. The van der Waals surface area contributed by atoms with Crippen molar-refractivity contribution in [2.24, 2.45) is 0 Å². The van der Waals surface area contributed by atoms with Crippen LogP contribution >= 0.6 is 0 Å². The second-order valence-corrected chi connectivity index (χ2v) is 17.6. The third kappa shape index (κ3) is 47.2. The first-order valence-corrected chi connectivity index (χ1v) is 25.7. The van der Waals surface area contributed by atoms with Crippen LogP contribution in [0.2, 0.25) is 0 Å². The largest absolute Gasteiger partial charge is 0.462 e. The van der Waals surface area contributed by atoms with Crippen molar-refractivity contribution < 1.29 is 24.2 Å². The van der Waals surface area contributed by atoms with E-state index in [0.29, 0.717) is 12.8 Å². The summed E-state index contributed by atoms with van der Waals surface area (Å²) in [5, 5.41) is 9.58. The van der Waals surface area contributed by atoms with Crippen molar-refractivity contribution in [1.29, 1.82) is 0 Å². The molecule has 1 unspecified atom stereocenters. The van der Waals surface area contributed by atoms with Crippen LogP contribution in [0.4, 0.5) is 0 Å². The van der Waals surface area contributed by atoms with Crippen molar-refractivity contribution in [2.75, 3.05) is 13.2 Å². The number of rotatable bonds is 48. The number of ether oxygens (including phenoxy) is 2. The fraction of sp³-hybridized carbons (Fsp3) is 0.923. The van der Waals surface area contributed by atoms with Gasteiger partial charge in [0.15, 0.2) is 6.10 Å². The van der Waals surface area contributed by atoms with E-state index in [4.69, 9.17) is 9.47 Å². The van der Waals surface area contributed by atoms with Crippen molar-refractivity contribution in [3.63, 3.8) is 0 Å². The zero-order valence-electron chi connectivity index (χ0n) is 38.6. The van der Waals surface area contributed by atoms with E-state index in [0.717, 1.165) is 38.5 Å². The highest BCUT2D eigenvalue weighted by atomic mass is 16.6. The van der Waals surface area contributed by atoms with Crippen molar-refractivity contribution in [1.82, 2.24) is 0 Å². The Morgan fingerprint density at radius 1 is 0.386 bits per heavy atom. The number of aliphatic hydroxyl groups is 1. The Labute approximate surface area is 356 Å². The normalized spacial score (nSPS) is 12.1. The lowest BCUT2D eigenvalue weighted by Gasteiger charge is -2.15. The highest BCUT2D eigenvalue weighted by molar-refractivity contribution is 5.70. The summed E-state index contributed by atoms with van der Waals surface area (Å²) >= 11 is 0. The summed E-state index contributed by atoms with van der Waals surface area (Å²) in [5.41, 5.74) is 0. The highest BCUT2D eigenvalue weighted by Crippen LogP contribution is 2.17. The fourth-order valence-corrected chi connectivity index (χ4v) is 7.91. The van der Waals surface area contributed by atoms with Gasteiger partial charge in [-0.05, 0) is 38.5 Å². The minimum Gasteiger partial charge on any atom is -0.462 e. The maximum absolute atomic E-state index is 12.2. The van der Waals surface area contributed by atoms with Crippen LogP contribution in [-0.4, -0.2) is 36.4 Å². The first-order chi connectivity index (χ1) is 28.1. The summed E-state index contributed by atoms with van der Waals surface area (Å²) in [4.78, 5) is 24.3. The second kappa shape index (κ2) is 49.0. The van der Waals surface area contributed by atoms with Crippen LogP contribution in [-0.2, 0) is 19.1 Å². The number of esters is 2. The van der Waals surface area contributed by atoms with Gasteiger partial charge in [0.25, 0.3) is 0 Å². The molecule has 0 rings (SSSR count). The van der Waals surface area contributed by atoms with Gasteiger partial charge in [0, 0.05) is 12.8 Å². The number of aliphatic hydroxyl groups excluding tert-OH is 1. The van der Waals surface area contributed by atoms with Crippen molar-refractivity contribution >= 4 is 11.9 Å². The minimum atomic E-state index is -0.770. The van der Waals surface area contributed by atoms with Crippen LogP contribution in [0.1, 0.15) is 290 Å². The van der Waals surface area contributed by atoms with E-state index < -0.39 is 6.10 Å². The van der Waals surface area contributed by atoms with Crippen molar-refractivity contribution in [3.8, 4) is 0 Å². The molecule has 0 heterocycles. The van der Waals surface area contributed by atoms with Gasteiger partial charge in [-0.2, -0.15) is 0 Å². The van der Waals surface area contributed by atoms with E-state index in [1.807, 2.05) is 0 Å². The Hall–Kier alpha value is -1.36. The molecule has 0 aromatic rings. The first kappa shape index (κ1) is 55.6.